The van der Waals surface area contributed by atoms with Gasteiger partial charge in [0.1, 0.15) is 11.2 Å². The fourth-order valence-electron chi connectivity index (χ4n) is 4.59. The number of carbonyl (C=O) groups excluding carboxylic acids is 3. The Morgan fingerprint density at radius 3 is 2.20 bits per heavy atom. The van der Waals surface area contributed by atoms with Crippen molar-refractivity contribution < 1.29 is 28.6 Å². The summed E-state index contributed by atoms with van der Waals surface area (Å²) in [5.41, 5.74) is 0.367. The van der Waals surface area contributed by atoms with Crippen molar-refractivity contribution in [3.8, 4) is 0 Å². The molecule has 1 saturated heterocycles. The first-order chi connectivity index (χ1) is 16.2. The minimum absolute atomic E-state index is 0.186. The van der Waals surface area contributed by atoms with E-state index in [1.165, 1.54) is 4.57 Å². The van der Waals surface area contributed by atoms with Crippen LogP contribution in [0, 0.1) is 5.92 Å². The smallest absolute Gasteiger partial charge is 0.418 e. The Morgan fingerprint density at radius 2 is 1.60 bits per heavy atom. The lowest BCUT2D eigenvalue weighted by molar-refractivity contribution is -0.152. The van der Waals surface area contributed by atoms with Crippen LogP contribution >= 0.6 is 0 Å². The molecule has 1 aliphatic rings. The van der Waals surface area contributed by atoms with Crippen molar-refractivity contribution >= 4 is 29.1 Å². The molecule has 1 aromatic heterocycles. The van der Waals surface area contributed by atoms with Crippen LogP contribution in [0.1, 0.15) is 73.3 Å². The molecule has 0 aliphatic carbocycles. The molecule has 0 unspecified atom stereocenters. The monoisotopic (exact) mass is 486 g/mol. The second kappa shape index (κ2) is 9.91. The lowest BCUT2D eigenvalue weighted by Crippen LogP contribution is -2.53. The highest BCUT2D eigenvalue weighted by molar-refractivity contribution is 5.90. The average molecular weight is 487 g/mol. The predicted molar refractivity (Wildman–Crippen MR) is 133 cm³/mol. The zero-order valence-electron chi connectivity index (χ0n) is 22.1. The van der Waals surface area contributed by atoms with E-state index in [4.69, 9.17) is 14.2 Å². The molecule has 1 amide bonds. The molecule has 3 rings (SSSR count). The quantitative estimate of drug-likeness (QED) is 0.408. The fraction of sp³-hybridized carbons (Fsp3) is 0.593. The lowest BCUT2D eigenvalue weighted by Gasteiger charge is -2.43. The number of hydrogen-bond donors (Lipinski definition) is 0. The van der Waals surface area contributed by atoms with Crippen LogP contribution in [0.4, 0.5) is 9.59 Å². The average Bonchev–Trinajstić information content (AvgIpc) is 3.14. The summed E-state index contributed by atoms with van der Waals surface area (Å²) in [6.45, 7) is 15.3. The third-order valence-corrected chi connectivity index (χ3v) is 6.05. The predicted octanol–water partition coefficient (Wildman–Crippen LogP) is 5.72. The van der Waals surface area contributed by atoms with Gasteiger partial charge in [0.15, 0.2) is 0 Å². The topological polar surface area (TPSA) is 87.1 Å². The van der Waals surface area contributed by atoms with Gasteiger partial charge in [-0.25, -0.2) is 9.59 Å². The van der Waals surface area contributed by atoms with Crippen LogP contribution in [-0.2, 0) is 19.0 Å². The number of carbonyl (C=O) groups is 3. The summed E-state index contributed by atoms with van der Waals surface area (Å²) in [6, 6.07) is 7.30. The van der Waals surface area contributed by atoms with Crippen LogP contribution in [0.2, 0.25) is 0 Å². The number of amides is 1. The van der Waals surface area contributed by atoms with Crippen LogP contribution in [0.15, 0.2) is 30.5 Å². The number of likely N-dealkylation sites (tertiary alicyclic amines) is 1. The number of benzene rings is 1. The van der Waals surface area contributed by atoms with E-state index >= 15 is 0 Å². The molecule has 8 heteroatoms. The molecule has 0 N–H and O–H groups in total. The first-order valence-electron chi connectivity index (χ1n) is 12.2. The van der Waals surface area contributed by atoms with Crippen LogP contribution in [-0.4, -0.2) is 58.0 Å². The van der Waals surface area contributed by atoms with E-state index in [0.717, 1.165) is 10.9 Å². The number of piperidine rings is 1. The third-order valence-electron chi connectivity index (χ3n) is 6.05. The molecule has 1 aromatic carbocycles. The summed E-state index contributed by atoms with van der Waals surface area (Å²) in [5.74, 6) is -1.10. The summed E-state index contributed by atoms with van der Waals surface area (Å²) in [5, 5.41) is 0.895. The Labute approximate surface area is 207 Å². The van der Waals surface area contributed by atoms with Crippen molar-refractivity contribution in [2.75, 3.05) is 13.2 Å². The highest BCUT2D eigenvalue weighted by Crippen LogP contribution is 2.39. The molecular weight excluding hydrogens is 448 g/mol. The van der Waals surface area contributed by atoms with E-state index in [1.807, 2.05) is 72.7 Å². The van der Waals surface area contributed by atoms with Gasteiger partial charge in [0.2, 0.25) is 0 Å². The van der Waals surface area contributed by atoms with Crippen LogP contribution < -0.4 is 0 Å². The largest absolute Gasteiger partial charge is 0.466 e. The molecule has 8 nitrogen and oxygen atoms in total. The van der Waals surface area contributed by atoms with E-state index in [-0.39, 0.29) is 18.5 Å². The molecule has 1 aliphatic heterocycles. The van der Waals surface area contributed by atoms with Gasteiger partial charge < -0.3 is 19.1 Å². The van der Waals surface area contributed by atoms with E-state index in [0.29, 0.717) is 18.5 Å². The molecule has 0 bridgehead atoms. The van der Waals surface area contributed by atoms with Gasteiger partial charge >= 0.3 is 18.2 Å². The zero-order chi connectivity index (χ0) is 26.1. The Balaban J connectivity index is 1.96. The number of esters is 1. The number of fused-ring (bicyclic) bond motifs is 1. The summed E-state index contributed by atoms with van der Waals surface area (Å²) in [6.07, 6.45) is 1.36. The molecule has 35 heavy (non-hydrogen) atoms. The van der Waals surface area contributed by atoms with Gasteiger partial charge in [0.05, 0.1) is 18.0 Å². The standard InChI is InChI=1S/C27H38N2O6/c1-9-33-23(30)22-17(2)28(24(31)34-26(3,4)5)15-13-20(22)19-11-10-18-12-14-29(21(18)16-19)25(32)35-27(6,7)8/h10-12,14,16-17,20,22H,9,13,15H2,1-8H3/t17-,20+,22+/m1/s1. The fourth-order valence-corrected chi connectivity index (χ4v) is 4.59. The lowest BCUT2D eigenvalue weighted by atomic mass is 9.76. The maximum Gasteiger partial charge on any atom is 0.418 e. The van der Waals surface area contributed by atoms with Gasteiger partial charge in [0, 0.05) is 30.1 Å². The molecular formula is C27H38N2O6. The first kappa shape index (κ1) is 26.6. The number of aromatic nitrogens is 1. The van der Waals surface area contributed by atoms with Gasteiger partial charge in [-0.15, -0.1) is 0 Å². The highest BCUT2D eigenvalue weighted by Gasteiger charge is 2.44. The van der Waals surface area contributed by atoms with Gasteiger partial charge in [0.25, 0.3) is 0 Å². The Kier molecular flexibility index (Phi) is 7.53. The minimum Gasteiger partial charge on any atom is -0.466 e. The minimum atomic E-state index is -0.634. The van der Waals surface area contributed by atoms with E-state index in [1.54, 1.807) is 18.0 Å². The molecule has 0 radical (unpaired) electrons. The molecule has 0 spiro atoms. The molecule has 2 heterocycles. The Morgan fingerprint density at radius 1 is 0.971 bits per heavy atom. The van der Waals surface area contributed by atoms with Gasteiger partial charge in [-0.3, -0.25) is 9.36 Å². The summed E-state index contributed by atoms with van der Waals surface area (Å²) >= 11 is 0. The summed E-state index contributed by atoms with van der Waals surface area (Å²) < 4.78 is 18.1. The second-order valence-electron chi connectivity index (χ2n) is 11.1. The van der Waals surface area contributed by atoms with Crippen molar-refractivity contribution in [1.82, 2.24) is 9.47 Å². The molecule has 192 valence electrons. The van der Waals surface area contributed by atoms with Gasteiger partial charge in [-0.1, -0.05) is 12.1 Å². The van der Waals surface area contributed by atoms with Crippen LogP contribution in [0.3, 0.4) is 0 Å². The number of ether oxygens (including phenoxy) is 3. The van der Waals surface area contributed by atoms with Crippen molar-refractivity contribution in [2.45, 2.75) is 85.0 Å². The molecule has 0 saturated carbocycles. The van der Waals surface area contributed by atoms with E-state index in [2.05, 4.69) is 0 Å². The third kappa shape index (κ3) is 6.16. The first-order valence-corrected chi connectivity index (χ1v) is 12.2. The maximum absolute atomic E-state index is 13.1. The number of rotatable bonds is 3. The van der Waals surface area contributed by atoms with Crippen LogP contribution in [0.25, 0.3) is 10.9 Å². The van der Waals surface area contributed by atoms with E-state index in [9.17, 15) is 14.4 Å². The summed E-state index contributed by atoms with van der Waals surface area (Å²) in [7, 11) is 0. The second-order valence-corrected chi connectivity index (χ2v) is 11.1. The van der Waals surface area contributed by atoms with Crippen molar-refractivity contribution in [2.24, 2.45) is 5.92 Å². The van der Waals surface area contributed by atoms with Crippen molar-refractivity contribution in [3.63, 3.8) is 0 Å². The number of nitrogens with zero attached hydrogens (tertiary/aromatic N) is 2. The Bertz CT molecular complexity index is 1090. The van der Waals surface area contributed by atoms with Gasteiger partial charge in [-0.2, -0.15) is 0 Å². The van der Waals surface area contributed by atoms with Gasteiger partial charge in [-0.05, 0) is 79.5 Å². The van der Waals surface area contributed by atoms with Crippen LogP contribution in [0.5, 0.6) is 0 Å². The normalized spacial score (nSPS) is 21.0. The Hall–Kier alpha value is -3.03. The zero-order valence-corrected chi connectivity index (χ0v) is 22.1. The van der Waals surface area contributed by atoms with E-state index < -0.39 is 35.3 Å². The van der Waals surface area contributed by atoms with Crippen molar-refractivity contribution in [1.29, 1.82) is 0 Å². The van der Waals surface area contributed by atoms with Crippen molar-refractivity contribution in [3.05, 3.63) is 36.0 Å². The highest BCUT2D eigenvalue weighted by atomic mass is 16.6. The molecule has 1 fully saturated rings. The molecule has 2 aromatic rings. The maximum atomic E-state index is 13.1. The number of hydrogen-bond acceptors (Lipinski definition) is 6. The SMILES string of the molecule is CCOC(=O)[C@H]1[C@@H](C)N(C(=O)OC(C)(C)C)CC[C@H]1c1ccc2ccn(C(=O)OC(C)(C)C)c2c1. The summed E-state index contributed by atoms with van der Waals surface area (Å²) in [4.78, 5) is 40.4. The molecule has 3 atom stereocenters.